The molecule has 7 heteroatoms. The quantitative estimate of drug-likeness (QED) is 0.767. The number of halogens is 3. The molecule has 0 bridgehead atoms. The van der Waals surface area contributed by atoms with Crippen LogP contribution in [0.1, 0.15) is 11.4 Å². The summed E-state index contributed by atoms with van der Waals surface area (Å²) in [5.74, 6) is -0.141. The van der Waals surface area contributed by atoms with E-state index in [2.05, 4.69) is 14.7 Å². The van der Waals surface area contributed by atoms with Crippen molar-refractivity contribution >= 4 is 0 Å². The molecule has 3 N–H and O–H groups in total. The van der Waals surface area contributed by atoms with Gasteiger partial charge in [0, 0.05) is 0 Å². The Morgan fingerprint density at radius 2 is 1.93 bits per heavy atom. The summed E-state index contributed by atoms with van der Waals surface area (Å²) >= 11 is 0. The van der Waals surface area contributed by atoms with Crippen LogP contribution < -0.4 is 10.9 Å². The largest absolute Gasteiger partial charge is 0.480 e. The molecule has 4 nitrogen and oxygen atoms in total. The third-order valence-corrected chi connectivity index (χ3v) is 1.41. The number of hydrogen-bond acceptors (Lipinski definition) is 4. The van der Waals surface area contributed by atoms with Gasteiger partial charge in [-0.1, -0.05) is 0 Å². The van der Waals surface area contributed by atoms with Crippen molar-refractivity contribution in [1.82, 2.24) is 16.1 Å². The van der Waals surface area contributed by atoms with Gasteiger partial charge in [-0.25, -0.2) is 4.98 Å². The van der Waals surface area contributed by atoms with Crippen LogP contribution in [0.15, 0.2) is 6.20 Å². The second-order valence-corrected chi connectivity index (χ2v) is 2.34. The van der Waals surface area contributed by atoms with Gasteiger partial charge in [-0.15, -0.1) is 0 Å². The maximum Gasteiger partial charge on any atom is 0.435 e. The van der Waals surface area contributed by atoms with Crippen molar-refractivity contribution in [3.63, 3.8) is 0 Å². The van der Waals surface area contributed by atoms with Crippen molar-refractivity contribution in [3.05, 3.63) is 17.6 Å². The number of alkyl halides is 3. The number of methoxy groups -OCH3 is 1. The number of aromatic nitrogens is 2. The van der Waals surface area contributed by atoms with Crippen LogP contribution in [0.4, 0.5) is 13.2 Å². The molecule has 0 aliphatic heterocycles. The molecule has 0 aromatic carbocycles. The third-order valence-electron chi connectivity index (χ3n) is 1.41. The topological polar surface area (TPSA) is 70.0 Å². The monoisotopic (exact) mass is 209 g/mol. The third kappa shape index (κ3) is 2.56. The van der Waals surface area contributed by atoms with E-state index in [0.717, 1.165) is 6.20 Å². The molecule has 0 aliphatic carbocycles. The van der Waals surface area contributed by atoms with Crippen molar-refractivity contribution in [3.8, 4) is 5.88 Å². The van der Waals surface area contributed by atoms with Gasteiger partial charge in [0.2, 0.25) is 5.88 Å². The van der Waals surface area contributed by atoms with E-state index in [9.17, 15) is 13.2 Å². The Labute approximate surface area is 78.7 Å². The lowest BCUT2D eigenvalue weighted by Crippen LogP contribution is -2.12. The first-order valence-corrected chi connectivity index (χ1v) is 3.40. The molecule has 1 rings (SSSR count). The predicted octanol–water partition coefficient (Wildman–Crippen LogP) is 1.97. The van der Waals surface area contributed by atoms with Crippen LogP contribution in [0.3, 0.4) is 0 Å². The van der Waals surface area contributed by atoms with E-state index < -0.39 is 11.9 Å². The first-order chi connectivity index (χ1) is 5.95. The van der Waals surface area contributed by atoms with Gasteiger partial charge in [-0.2, -0.15) is 13.2 Å². The number of hydrogen-bond donors (Lipinski definition) is 1. The van der Waals surface area contributed by atoms with Crippen molar-refractivity contribution in [2.75, 3.05) is 7.11 Å². The highest BCUT2D eigenvalue weighted by molar-refractivity contribution is 5.18. The summed E-state index contributed by atoms with van der Waals surface area (Å²) in [6.45, 7) is 1.25. The molecule has 0 spiro atoms. The molecule has 0 fully saturated rings. The maximum absolute atomic E-state index is 12.2. The van der Waals surface area contributed by atoms with Gasteiger partial charge >= 0.3 is 6.18 Å². The van der Waals surface area contributed by atoms with Crippen LogP contribution >= 0.6 is 0 Å². The molecule has 0 radical (unpaired) electrons. The Hall–Kier alpha value is -1.37. The molecule has 1 aromatic rings. The van der Waals surface area contributed by atoms with Crippen molar-refractivity contribution in [2.45, 2.75) is 13.1 Å². The highest BCUT2D eigenvalue weighted by Crippen LogP contribution is 2.30. The van der Waals surface area contributed by atoms with Crippen LogP contribution in [-0.4, -0.2) is 17.1 Å². The molecular weight excluding hydrogens is 199 g/mol. The van der Waals surface area contributed by atoms with E-state index in [1.807, 2.05) is 0 Å². The zero-order chi connectivity index (χ0) is 10.1. The van der Waals surface area contributed by atoms with Gasteiger partial charge in [0.1, 0.15) is 0 Å². The smallest absolute Gasteiger partial charge is 0.435 e. The molecular formula is C7H10F3N3O. The molecule has 80 valence electrons. The number of aryl methyl sites for hydroxylation is 1. The highest BCUT2D eigenvalue weighted by Gasteiger charge is 2.35. The number of nitrogens with zero attached hydrogens (tertiary/aromatic N) is 2. The van der Waals surface area contributed by atoms with Crippen molar-refractivity contribution in [2.24, 2.45) is 0 Å². The van der Waals surface area contributed by atoms with E-state index in [4.69, 9.17) is 0 Å². The molecule has 0 saturated carbocycles. The molecule has 0 atom stereocenters. The van der Waals surface area contributed by atoms with Crippen LogP contribution in [0.2, 0.25) is 0 Å². The Morgan fingerprint density at radius 1 is 1.36 bits per heavy atom. The van der Waals surface area contributed by atoms with E-state index in [-0.39, 0.29) is 17.7 Å². The first kappa shape index (κ1) is 12.6. The zero-order valence-corrected chi connectivity index (χ0v) is 7.72. The SMILES string of the molecule is COc1cnc(C)c(C(F)(F)F)n1.N. The van der Waals surface area contributed by atoms with Gasteiger partial charge in [0.05, 0.1) is 19.0 Å². The molecule has 1 heterocycles. The Balaban J connectivity index is 0.00000169. The lowest BCUT2D eigenvalue weighted by Gasteiger charge is -2.08. The molecule has 0 saturated heterocycles. The summed E-state index contributed by atoms with van der Waals surface area (Å²) in [4.78, 5) is 6.76. The Bertz CT molecular complexity index is 314. The van der Waals surface area contributed by atoms with Crippen molar-refractivity contribution in [1.29, 1.82) is 0 Å². The van der Waals surface area contributed by atoms with E-state index >= 15 is 0 Å². The fourth-order valence-electron chi connectivity index (χ4n) is 0.800. The molecule has 0 amide bonds. The fraction of sp³-hybridized carbons (Fsp3) is 0.429. The molecule has 0 aliphatic rings. The van der Waals surface area contributed by atoms with Gasteiger partial charge < -0.3 is 10.9 Å². The first-order valence-electron chi connectivity index (χ1n) is 3.40. The summed E-state index contributed by atoms with van der Waals surface area (Å²) in [5.41, 5.74) is -1.17. The second-order valence-electron chi connectivity index (χ2n) is 2.34. The van der Waals surface area contributed by atoms with Gasteiger partial charge in [-0.3, -0.25) is 4.98 Å². The normalized spacial score (nSPS) is 10.6. The van der Waals surface area contributed by atoms with Gasteiger partial charge in [-0.05, 0) is 6.92 Å². The summed E-state index contributed by atoms with van der Waals surface area (Å²) in [7, 11) is 1.24. The maximum atomic E-state index is 12.2. The number of rotatable bonds is 1. The predicted molar refractivity (Wildman–Crippen MR) is 43.3 cm³/mol. The zero-order valence-electron chi connectivity index (χ0n) is 7.72. The van der Waals surface area contributed by atoms with Crippen LogP contribution in [-0.2, 0) is 6.18 Å². The Morgan fingerprint density at radius 3 is 2.36 bits per heavy atom. The average Bonchev–Trinajstić information content (AvgIpc) is 2.03. The lowest BCUT2D eigenvalue weighted by molar-refractivity contribution is -0.142. The summed E-state index contributed by atoms with van der Waals surface area (Å²) in [5, 5.41) is 0. The molecule has 0 unspecified atom stereocenters. The number of ether oxygens (including phenoxy) is 1. The fourth-order valence-corrected chi connectivity index (χ4v) is 0.800. The van der Waals surface area contributed by atoms with Crippen LogP contribution in [0, 0.1) is 6.92 Å². The minimum atomic E-state index is -4.48. The van der Waals surface area contributed by atoms with Gasteiger partial charge in [0.15, 0.2) is 5.69 Å². The van der Waals surface area contributed by atoms with E-state index in [1.54, 1.807) is 0 Å². The second kappa shape index (κ2) is 4.23. The van der Waals surface area contributed by atoms with E-state index in [0.29, 0.717) is 0 Å². The summed E-state index contributed by atoms with van der Waals surface area (Å²) < 4.78 is 41.2. The van der Waals surface area contributed by atoms with Crippen LogP contribution in [0.5, 0.6) is 5.88 Å². The standard InChI is InChI=1S/C7H7F3N2O.H3N/c1-4-6(7(8,9)10)12-5(13-2)3-11-4;/h3H,1-2H3;1H3. The molecule has 1 aromatic heterocycles. The molecule has 14 heavy (non-hydrogen) atoms. The lowest BCUT2D eigenvalue weighted by atomic mass is 10.3. The van der Waals surface area contributed by atoms with Crippen LogP contribution in [0.25, 0.3) is 0 Å². The van der Waals surface area contributed by atoms with E-state index in [1.165, 1.54) is 14.0 Å². The van der Waals surface area contributed by atoms with Gasteiger partial charge in [0.25, 0.3) is 0 Å². The van der Waals surface area contributed by atoms with Crippen molar-refractivity contribution < 1.29 is 17.9 Å². The minimum Gasteiger partial charge on any atom is -0.480 e. The summed E-state index contributed by atoms with van der Waals surface area (Å²) in [6, 6.07) is 0. The highest BCUT2D eigenvalue weighted by atomic mass is 19.4. The summed E-state index contributed by atoms with van der Waals surface area (Å²) in [6.07, 6.45) is -3.34. The average molecular weight is 209 g/mol. The minimum absolute atomic E-state index is 0. The Kier molecular flexibility index (Phi) is 3.81.